The van der Waals surface area contributed by atoms with Crippen molar-refractivity contribution in [3.63, 3.8) is 0 Å². The second-order valence-electron chi connectivity index (χ2n) is 4.89. The van der Waals surface area contributed by atoms with Gasteiger partial charge in [-0.15, -0.1) is 0 Å². The largest absolute Gasteiger partial charge is 0.399 e. The highest BCUT2D eigenvalue weighted by Gasteiger charge is 1.93. The third kappa shape index (κ3) is 5.45. The van der Waals surface area contributed by atoms with Gasteiger partial charge in [-0.05, 0) is 54.6 Å². The highest BCUT2D eigenvalue weighted by Crippen LogP contribution is 2.20. The molecule has 0 bridgehead atoms. The van der Waals surface area contributed by atoms with Crippen LogP contribution in [0.25, 0.3) is 0 Å². The zero-order chi connectivity index (χ0) is 16.7. The van der Waals surface area contributed by atoms with Crippen molar-refractivity contribution in [2.45, 2.75) is 0 Å². The standard InChI is InChI=1S/C12H12N2.C6H7ClN2/c13-10-6-8-12(9-7-10)14-11-4-2-1-3-5-11;7-5-3-4(8)1-2-6(5)9/h1-9,14H,13H2;1-3H,8-9H2. The first-order valence-corrected chi connectivity index (χ1v) is 7.40. The fraction of sp³-hybridized carbons (Fsp3) is 0. The number of nitrogens with one attached hydrogen (secondary N) is 1. The zero-order valence-corrected chi connectivity index (χ0v) is 13.3. The summed E-state index contributed by atoms with van der Waals surface area (Å²) in [5.41, 5.74) is 20.5. The van der Waals surface area contributed by atoms with E-state index in [0.717, 1.165) is 17.1 Å². The number of benzene rings is 3. The van der Waals surface area contributed by atoms with Crippen molar-refractivity contribution in [3.8, 4) is 0 Å². The van der Waals surface area contributed by atoms with Crippen molar-refractivity contribution in [3.05, 3.63) is 77.8 Å². The number of nitrogens with two attached hydrogens (primary N) is 3. The van der Waals surface area contributed by atoms with Crippen LogP contribution < -0.4 is 22.5 Å². The second kappa shape index (κ2) is 7.96. The molecule has 0 aliphatic rings. The van der Waals surface area contributed by atoms with Crippen LogP contribution in [-0.4, -0.2) is 0 Å². The van der Waals surface area contributed by atoms with Gasteiger partial charge in [-0.25, -0.2) is 0 Å². The monoisotopic (exact) mass is 326 g/mol. The lowest BCUT2D eigenvalue weighted by Crippen LogP contribution is -1.90. The second-order valence-corrected chi connectivity index (χ2v) is 5.30. The summed E-state index contributed by atoms with van der Waals surface area (Å²) in [6, 6.07) is 22.7. The molecule has 5 heteroatoms. The van der Waals surface area contributed by atoms with Gasteiger partial charge in [0.05, 0.1) is 10.7 Å². The molecule has 3 aromatic carbocycles. The van der Waals surface area contributed by atoms with Crippen LogP contribution in [0.5, 0.6) is 0 Å². The number of hydrogen-bond acceptors (Lipinski definition) is 4. The minimum Gasteiger partial charge on any atom is -0.399 e. The summed E-state index contributed by atoms with van der Waals surface area (Å²) >= 11 is 5.61. The van der Waals surface area contributed by atoms with Gasteiger partial charge in [0.1, 0.15) is 0 Å². The Bertz CT molecular complexity index is 743. The van der Waals surface area contributed by atoms with Crippen LogP contribution in [0.2, 0.25) is 5.02 Å². The van der Waals surface area contributed by atoms with Gasteiger partial charge in [0, 0.05) is 22.7 Å². The van der Waals surface area contributed by atoms with Gasteiger partial charge >= 0.3 is 0 Å². The lowest BCUT2D eigenvalue weighted by molar-refractivity contribution is 1.55. The molecule has 0 unspecified atom stereocenters. The number of halogens is 1. The Morgan fingerprint density at radius 2 is 1.22 bits per heavy atom. The number of rotatable bonds is 2. The van der Waals surface area contributed by atoms with Crippen molar-refractivity contribution in [2.24, 2.45) is 0 Å². The van der Waals surface area contributed by atoms with Crippen LogP contribution in [0.4, 0.5) is 28.4 Å². The number of hydrogen-bond donors (Lipinski definition) is 4. The van der Waals surface area contributed by atoms with Crippen LogP contribution in [0.15, 0.2) is 72.8 Å². The van der Waals surface area contributed by atoms with Crippen molar-refractivity contribution in [2.75, 3.05) is 22.5 Å². The van der Waals surface area contributed by atoms with Crippen LogP contribution in [0, 0.1) is 0 Å². The predicted molar refractivity (Wildman–Crippen MR) is 101 cm³/mol. The number of nitrogen functional groups attached to an aromatic ring is 3. The molecule has 0 aromatic heterocycles. The smallest absolute Gasteiger partial charge is 0.0655 e. The van der Waals surface area contributed by atoms with Gasteiger partial charge in [0.2, 0.25) is 0 Å². The third-order valence-corrected chi connectivity index (χ3v) is 3.32. The minimum absolute atomic E-state index is 0.509. The average Bonchev–Trinajstić information content (AvgIpc) is 2.55. The van der Waals surface area contributed by atoms with E-state index >= 15 is 0 Å². The van der Waals surface area contributed by atoms with Crippen LogP contribution >= 0.6 is 11.6 Å². The molecule has 4 nitrogen and oxygen atoms in total. The van der Waals surface area contributed by atoms with E-state index in [0.29, 0.717) is 16.4 Å². The van der Waals surface area contributed by atoms with Gasteiger partial charge in [-0.1, -0.05) is 29.8 Å². The molecular weight excluding hydrogens is 308 g/mol. The number of anilines is 5. The van der Waals surface area contributed by atoms with Crippen LogP contribution in [0.3, 0.4) is 0 Å². The van der Waals surface area contributed by atoms with E-state index in [1.165, 1.54) is 0 Å². The summed E-state index contributed by atoms with van der Waals surface area (Å²) < 4.78 is 0. The molecular formula is C18H19ClN4. The first-order valence-electron chi connectivity index (χ1n) is 7.03. The molecule has 0 saturated carbocycles. The lowest BCUT2D eigenvalue weighted by atomic mass is 10.2. The molecule has 0 fully saturated rings. The minimum atomic E-state index is 0.509. The van der Waals surface area contributed by atoms with E-state index < -0.39 is 0 Å². The zero-order valence-electron chi connectivity index (χ0n) is 12.5. The molecule has 118 valence electrons. The molecule has 7 N–H and O–H groups in total. The first kappa shape index (κ1) is 16.5. The van der Waals surface area contributed by atoms with E-state index in [4.69, 9.17) is 28.8 Å². The van der Waals surface area contributed by atoms with E-state index in [1.54, 1.807) is 18.2 Å². The van der Waals surface area contributed by atoms with Gasteiger partial charge < -0.3 is 22.5 Å². The van der Waals surface area contributed by atoms with E-state index in [9.17, 15) is 0 Å². The Hall–Kier alpha value is -2.85. The molecule has 0 heterocycles. The fourth-order valence-corrected chi connectivity index (χ4v) is 1.99. The summed E-state index contributed by atoms with van der Waals surface area (Å²) in [5, 5.41) is 3.78. The first-order chi connectivity index (χ1) is 11.0. The van der Waals surface area contributed by atoms with E-state index in [1.807, 2.05) is 54.6 Å². The Labute approximate surface area is 140 Å². The van der Waals surface area contributed by atoms with Crippen molar-refractivity contribution in [1.82, 2.24) is 0 Å². The maximum absolute atomic E-state index is 5.61. The SMILES string of the molecule is Nc1ccc(N)c(Cl)c1.Nc1ccc(Nc2ccccc2)cc1. The number of para-hydroxylation sites is 1. The Morgan fingerprint density at radius 1 is 0.652 bits per heavy atom. The maximum atomic E-state index is 5.61. The van der Waals surface area contributed by atoms with E-state index in [-0.39, 0.29) is 0 Å². The molecule has 0 saturated heterocycles. The van der Waals surface area contributed by atoms with Crippen LogP contribution in [0.1, 0.15) is 0 Å². The van der Waals surface area contributed by atoms with Gasteiger partial charge in [-0.2, -0.15) is 0 Å². The molecule has 0 spiro atoms. The van der Waals surface area contributed by atoms with Gasteiger partial charge in [0.15, 0.2) is 0 Å². The predicted octanol–water partition coefficient (Wildman–Crippen LogP) is 4.52. The highest BCUT2D eigenvalue weighted by atomic mass is 35.5. The molecule has 23 heavy (non-hydrogen) atoms. The highest BCUT2D eigenvalue weighted by molar-refractivity contribution is 6.33. The average molecular weight is 327 g/mol. The van der Waals surface area contributed by atoms with Crippen LogP contribution in [-0.2, 0) is 0 Å². The normalized spacial score (nSPS) is 9.61. The molecule has 0 atom stereocenters. The molecule has 0 aliphatic heterocycles. The Kier molecular flexibility index (Phi) is 5.72. The van der Waals surface area contributed by atoms with Gasteiger partial charge in [0.25, 0.3) is 0 Å². The molecule has 3 rings (SSSR count). The fourth-order valence-electron chi connectivity index (χ4n) is 1.80. The van der Waals surface area contributed by atoms with Gasteiger partial charge in [-0.3, -0.25) is 0 Å². The molecule has 0 amide bonds. The van der Waals surface area contributed by atoms with Crippen molar-refractivity contribution < 1.29 is 0 Å². The Morgan fingerprint density at radius 3 is 1.78 bits per heavy atom. The summed E-state index contributed by atoms with van der Waals surface area (Å²) in [6.45, 7) is 0. The summed E-state index contributed by atoms with van der Waals surface area (Å²) in [5.74, 6) is 0. The van der Waals surface area contributed by atoms with Crippen molar-refractivity contribution >= 4 is 40.0 Å². The van der Waals surface area contributed by atoms with E-state index in [2.05, 4.69) is 5.32 Å². The summed E-state index contributed by atoms with van der Waals surface area (Å²) in [7, 11) is 0. The lowest BCUT2D eigenvalue weighted by Gasteiger charge is -2.05. The van der Waals surface area contributed by atoms with Crippen molar-refractivity contribution in [1.29, 1.82) is 0 Å². The Balaban J connectivity index is 0.000000185. The summed E-state index contributed by atoms with van der Waals surface area (Å²) in [4.78, 5) is 0. The topological polar surface area (TPSA) is 90.1 Å². The quantitative estimate of drug-likeness (QED) is 0.521. The molecule has 3 aromatic rings. The third-order valence-electron chi connectivity index (χ3n) is 3.00. The molecule has 0 aliphatic carbocycles. The maximum Gasteiger partial charge on any atom is 0.0655 e. The molecule has 0 radical (unpaired) electrons. The summed E-state index contributed by atoms with van der Waals surface area (Å²) in [6.07, 6.45) is 0.